The Morgan fingerprint density at radius 1 is 1.30 bits per heavy atom. The van der Waals surface area contributed by atoms with Crippen molar-refractivity contribution in [3.05, 3.63) is 46.4 Å². The SMILES string of the molecule is NCCCCC(N)c1n[nH]c(=O)n1-c1ccc(F)cc1. The van der Waals surface area contributed by atoms with E-state index in [1.807, 2.05) is 0 Å². The number of unbranched alkanes of at least 4 members (excludes halogenated alkanes) is 1. The molecular weight excluding hydrogens is 261 g/mol. The summed E-state index contributed by atoms with van der Waals surface area (Å²) in [4.78, 5) is 11.8. The molecule has 0 aliphatic carbocycles. The van der Waals surface area contributed by atoms with Crippen molar-refractivity contribution >= 4 is 0 Å². The van der Waals surface area contributed by atoms with Crippen LogP contribution < -0.4 is 17.2 Å². The highest BCUT2D eigenvalue weighted by Gasteiger charge is 2.17. The van der Waals surface area contributed by atoms with E-state index in [0.29, 0.717) is 24.5 Å². The zero-order valence-corrected chi connectivity index (χ0v) is 11.1. The second-order valence-electron chi connectivity index (χ2n) is 4.59. The molecule has 0 aliphatic heterocycles. The maximum absolute atomic E-state index is 12.9. The number of aromatic nitrogens is 3. The molecule has 0 saturated heterocycles. The van der Waals surface area contributed by atoms with Crippen molar-refractivity contribution in [3.63, 3.8) is 0 Å². The number of H-pyrrole nitrogens is 1. The summed E-state index contributed by atoms with van der Waals surface area (Å²) in [5.41, 5.74) is 11.6. The Labute approximate surface area is 115 Å². The van der Waals surface area contributed by atoms with E-state index in [4.69, 9.17) is 11.5 Å². The normalized spacial score (nSPS) is 12.6. The molecule has 1 aromatic heterocycles. The first kappa shape index (κ1) is 14.4. The molecule has 2 rings (SSSR count). The minimum absolute atomic E-state index is 0.362. The van der Waals surface area contributed by atoms with Crippen molar-refractivity contribution in [1.82, 2.24) is 14.8 Å². The molecule has 0 spiro atoms. The van der Waals surface area contributed by atoms with Crippen molar-refractivity contribution in [2.75, 3.05) is 6.54 Å². The molecule has 0 bridgehead atoms. The topological polar surface area (TPSA) is 103 Å². The van der Waals surface area contributed by atoms with Gasteiger partial charge in [-0.3, -0.25) is 0 Å². The van der Waals surface area contributed by atoms with Crippen LogP contribution in [0.15, 0.2) is 29.1 Å². The van der Waals surface area contributed by atoms with Crippen LogP contribution in [0.4, 0.5) is 4.39 Å². The fourth-order valence-electron chi connectivity index (χ4n) is 2.04. The molecule has 0 fully saturated rings. The van der Waals surface area contributed by atoms with E-state index in [1.165, 1.54) is 28.8 Å². The summed E-state index contributed by atoms with van der Waals surface area (Å²) < 4.78 is 14.3. The molecule has 1 unspecified atom stereocenters. The highest BCUT2D eigenvalue weighted by atomic mass is 19.1. The number of rotatable bonds is 6. The average molecular weight is 279 g/mol. The Morgan fingerprint density at radius 2 is 2.00 bits per heavy atom. The summed E-state index contributed by atoms with van der Waals surface area (Å²) in [6.45, 7) is 0.609. The lowest BCUT2D eigenvalue weighted by Gasteiger charge is -2.12. The molecule has 0 radical (unpaired) electrons. The highest BCUT2D eigenvalue weighted by Crippen LogP contribution is 2.16. The van der Waals surface area contributed by atoms with Gasteiger partial charge in [-0.1, -0.05) is 6.42 Å². The van der Waals surface area contributed by atoms with E-state index in [-0.39, 0.29) is 17.5 Å². The van der Waals surface area contributed by atoms with Gasteiger partial charge in [0.15, 0.2) is 5.82 Å². The average Bonchev–Trinajstić information content (AvgIpc) is 2.82. The monoisotopic (exact) mass is 279 g/mol. The molecule has 20 heavy (non-hydrogen) atoms. The number of benzene rings is 1. The molecular formula is C13H18FN5O. The third kappa shape index (κ3) is 3.12. The summed E-state index contributed by atoms with van der Waals surface area (Å²) in [5, 5.41) is 6.35. The van der Waals surface area contributed by atoms with Gasteiger partial charge in [0.2, 0.25) is 0 Å². The number of hydrogen-bond donors (Lipinski definition) is 3. The van der Waals surface area contributed by atoms with Crippen molar-refractivity contribution in [2.45, 2.75) is 25.3 Å². The van der Waals surface area contributed by atoms with Crippen molar-refractivity contribution in [1.29, 1.82) is 0 Å². The van der Waals surface area contributed by atoms with Crippen LogP contribution in [0.25, 0.3) is 5.69 Å². The predicted molar refractivity (Wildman–Crippen MR) is 74.0 cm³/mol. The fourth-order valence-corrected chi connectivity index (χ4v) is 2.04. The van der Waals surface area contributed by atoms with Gasteiger partial charge in [0.25, 0.3) is 0 Å². The molecule has 2 aromatic rings. The van der Waals surface area contributed by atoms with Gasteiger partial charge in [0.05, 0.1) is 11.7 Å². The number of aromatic amines is 1. The van der Waals surface area contributed by atoms with Crippen LogP contribution >= 0.6 is 0 Å². The van der Waals surface area contributed by atoms with Gasteiger partial charge in [-0.05, 0) is 43.7 Å². The maximum atomic E-state index is 12.9. The van der Waals surface area contributed by atoms with Gasteiger partial charge in [0.1, 0.15) is 5.82 Å². The van der Waals surface area contributed by atoms with Crippen LogP contribution in [0.1, 0.15) is 31.1 Å². The molecule has 5 N–H and O–H groups in total. The first-order chi connectivity index (χ1) is 9.63. The largest absolute Gasteiger partial charge is 0.347 e. The zero-order chi connectivity index (χ0) is 14.5. The van der Waals surface area contributed by atoms with Gasteiger partial charge in [-0.15, -0.1) is 0 Å². The Bertz CT molecular complexity index is 604. The maximum Gasteiger partial charge on any atom is 0.347 e. The van der Waals surface area contributed by atoms with Crippen LogP contribution in [-0.4, -0.2) is 21.3 Å². The van der Waals surface area contributed by atoms with Crippen LogP contribution in [0.5, 0.6) is 0 Å². The third-order valence-corrected chi connectivity index (χ3v) is 3.08. The molecule has 0 aliphatic rings. The van der Waals surface area contributed by atoms with Gasteiger partial charge in [0, 0.05) is 0 Å². The van der Waals surface area contributed by atoms with Gasteiger partial charge < -0.3 is 11.5 Å². The Balaban J connectivity index is 2.27. The molecule has 0 saturated carbocycles. The van der Waals surface area contributed by atoms with Crippen LogP contribution in [-0.2, 0) is 0 Å². The Kier molecular flexibility index (Phi) is 4.65. The first-order valence-electron chi connectivity index (χ1n) is 6.52. The lowest BCUT2D eigenvalue weighted by Crippen LogP contribution is -2.22. The fraction of sp³-hybridized carbons (Fsp3) is 0.385. The summed E-state index contributed by atoms with van der Waals surface area (Å²) in [7, 11) is 0. The van der Waals surface area contributed by atoms with Crippen LogP contribution in [0.3, 0.4) is 0 Å². The van der Waals surface area contributed by atoms with E-state index in [0.717, 1.165) is 12.8 Å². The third-order valence-electron chi connectivity index (χ3n) is 3.08. The number of hydrogen-bond acceptors (Lipinski definition) is 4. The summed E-state index contributed by atoms with van der Waals surface area (Å²) in [5.74, 6) is 0.0812. The predicted octanol–water partition coefficient (Wildman–Crippen LogP) is 0.829. The van der Waals surface area contributed by atoms with Gasteiger partial charge >= 0.3 is 5.69 Å². The molecule has 7 heteroatoms. The van der Waals surface area contributed by atoms with Crippen LogP contribution in [0, 0.1) is 5.82 Å². The van der Waals surface area contributed by atoms with Crippen molar-refractivity contribution < 1.29 is 4.39 Å². The van der Waals surface area contributed by atoms with E-state index in [2.05, 4.69) is 10.2 Å². The standard InChI is InChI=1S/C13H18FN5O/c14-9-4-6-10(7-5-9)19-12(17-18-13(19)20)11(16)3-1-2-8-15/h4-7,11H,1-3,8,15-16H2,(H,18,20). The molecule has 0 amide bonds. The Hall–Kier alpha value is -1.99. The number of nitrogens with two attached hydrogens (primary N) is 2. The Morgan fingerprint density at radius 3 is 2.65 bits per heavy atom. The number of nitrogens with one attached hydrogen (secondary N) is 1. The van der Waals surface area contributed by atoms with Gasteiger partial charge in [-0.2, -0.15) is 5.10 Å². The summed E-state index contributed by atoms with van der Waals surface area (Å²) in [6, 6.07) is 5.24. The summed E-state index contributed by atoms with van der Waals surface area (Å²) >= 11 is 0. The van der Waals surface area contributed by atoms with Crippen LogP contribution in [0.2, 0.25) is 0 Å². The molecule has 1 atom stereocenters. The minimum Gasteiger partial charge on any atom is -0.330 e. The second-order valence-corrected chi connectivity index (χ2v) is 4.59. The lowest BCUT2D eigenvalue weighted by atomic mass is 10.1. The second kappa shape index (κ2) is 6.44. The number of halogens is 1. The highest BCUT2D eigenvalue weighted by molar-refractivity contribution is 5.33. The molecule has 1 heterocycles. The minimum atomic E-state index is -0.388. The molecule has 108 valence electrons. The summed E-state index contributed by atoms with van der Waals surface area (Å²) in [6.07, 6.45) is 2.42. The van der Waals surface area contributed by atoms with E-state index >= 15 is 0 Å². The van der Waals surface area contributed by atoms with Gasteiger partial charge in [-0.25, -0.2) is 18.9 Å². The van der Waals surface area contributed by atoms with Crippen molar-refractivity contribution in [3.8, 4) is 5.69 Å². The van der Waals surface area contributed by atoms with E-state index in [1.54, 1.807) is 0 Å². The molecule has 1 aromatic carbocycles. The zero-order valence-electron chi connectivity index (χ0n) is 11.1. The number of nitrogens with zero attached hydrogens (tertiary/aromatic N) is 2. The van der Waals surface area contributed by atoms with Crippen molar-refractivity contribution in [2.24, 2.45) is 11.5 Å². The quantitative estimate of drug-likeness (QED) is 0.681. The smallest absolute Gasteiger partial charge is 0.330 e. The molecule has 6 nitrogen and oxygen atoms in total. The first-order valence-corrected chi connectivity index (χ1v) is 6.52. The van der Waals surface area contributed by atoms with E-state index in [9.17, 15) is 9.18 Å². The lowest BCUT2D eigenvalue weighted by molar-refractivity contribution is 0.556. The van der Waals surface area contributed by atoms with E-state index < -0.39 is 0 Å².